The summed E-state index contributed by atoms with van der Waals surface area (Å²) < 4.78 is 5.19. The topological polar surface area (TPSA) is 38.5 Å². The van der Waals surface area contributed by atoms with Crippen LogP contribution in [0.3, 0.4) is 0 Å². The van der Waals surface area contributed by atoms with Crippen LogP contribution in [-0.2, 0) is 4.74 Å². The summed E-state index contributed by atoms with van der Waals surface area (Å²) in [5.74, 6) is 0. The molecule has 1 fully saturated rings. The molecule has 2 N–H and O–H groups in total. The third kappa shape index (κ3) is 1.41. The minimum atomic E-state index is 0.226. The monoisotopic (exact) mass is 158 g/mol. The van der Waals surface area contributed by atoms with Crippen LogP contribution in [0.15, 0.2) is 0 Å². The van der Waals surface area contributed by atoms with Crippen LogP contribution in [0.4, 0.5) is 0 Å². The van der Waals surface area contributed by atoms with Gasteiger partial charge in [0.15, 0.2) is 0 Å². The van der Waals surface area contributed by atoms with E-state index in [1.54, 1.807) is 0 Å². The van der Waals surface area contributed by atoms with Crippen LogP contribution in [0.1, 0.15) is 6.92 Å². The SMILES string of the molecule is CC(N(C)C)C1(CN)COC1. The number of nitrogens with zero attached hydrogens (tertiary/aromatic N) is 1. The van der Waals surface area contributed by atoms with Gasteiger partial charge in [0.2, 0.25) is 0 Å². The summed E-state index contributed by atoms with van der Waals surface area (Å²) in [6, 6.07) is 0.515. The number of hydrogen-bond donors (Lipinski definition) is 1. The van der Waals surface area contributed by atoms with Gasteiger partial charge in [-0.2, -0.15) is 0 Å². The second-order valence-electron chi connectivity index (χ2n) is 3.70. The third-order valence-electron chi connectivity index (χ3n) is 2.85. The predicted molar refractivity (Wildman–Crippen MR) is 45.5 cm³/mol. The van der Waals surface area contributed by atoms with Crippen LogP contribution >= 0.6 is 0 Å². The molecule has 0 aliphatic carbocycles. The van der Waals surface area contributed by atoms with Crippen molar-refractivity contribution < 1.29 is 4.74 Å². The van der Waals surface area contributed by atoms with Crippen molar-refractivity contribution in [3.8, 4) is 0 Å². The van der Waals surface area contributed by atoms with Crippen molar-refractivity contribution in [3.05, 3.63) is 0 Å². The summed E-state index contributed by atoms with van der Waals surface area (Å²) in [4.78, 5) is 2.20. The van der Waals surface area contributed by atoms with Crippen LogP contribution in [0.5, 0.6) is 0 Å². The fraction of sp³-hybridized carbons (Fsp3) is 1.00. The van der Waals surface area contributed by atoms with Gasteiger partial charge in [-0.3, -0.25) is 0 Å². The van der Waals surface area contributed by atoms with E-state index in [1.165, 1.54) is 0 Å². The van der Waals surface area contributed by atoms with E-state index >= 15 is 0 Å². The Morgan fingerprint density at radius 3 is 2.18 bits per heavy atom. The minimum absolute atomic E-state index is 0.226. The Kier molecular flexibility index (Phi) is 2.52. The molecule has 1 unspecified atom stereocenters. The van der Waals surface area contributed by atoms with Gasteiger partial charge in [0.1, 0.15) is 0 Å². The van der Waals surface area contributed by atoms with Crippen molar-refractivity contribution in [1.82, 2.24) is 4.90 Å². The lowest BCUT2D eigenvalue weighted by Crippen LogP contribution is -2.59. The van der Waals surface area contributed by atoms with Crippen LogP contribution < -0.4 is 5.73 Å². The molecule has 0 aromatic carbocycles. The Morgan fingerprint density at radius 1 is 1.55 bits per heavy atom. The molecule has 3 heteroatoms. The molecule has 0 radical (unpaired) electrons. The first kappa shape index (κ1) is 8.97. The van der Waals surface area contributed by atoms with Gasteiger partial charge in [0, 0.05) is 18.0 Å². The number of rotatable bonds is 3. The van der Waals surface area contributed by atoms with Gasteiger partial charge in [-0.15, -0.1) is 0 Å². The number of ether oxygens (including phenoxy) is 1. The Labute approximate surface area is 68.5 Å². The Balaban J connectivity index is 2.54. The van der Waals surface area contributed by atoms with Crippen molar-refractivity contribution >= 4 is 0 Å². The highest BCUT2D eigenvalue weighted by Gasteiger charge is 2.43. The van der Waals surface area contributed by atoms with E-state index < -0.39 is 0 Å². The van der Waals surface area contributed by atoms with Gasteiger partial charge in [-0.1, -0.05) is 0 Å². The van der Waals surface area contributed by atoms with Crippen LogP contribution in [0.2, 0.25) is 0 Å². The summed E-state index contributed by atoms with van der Waals surface area (Å²) in [6.45, 7) is 4.58. The van der Waals surface area contributed by atoms with Gasteiger partial charge < -0.3 is 15.4 Å². The average Bonchev–Trinajstić information content (AvgIpc) is 1.86. The highest BCUT2D eigenvalue weighted by Crippen LogP contribution is 2.32. The molecule has 0 spiro atoms. The maximum absolute atomic E-state index is 5.70. The molecule has 0 aromatic rings. The fourth-order valence-electron chi connectivity index (χ4n) is 1.44. The lowest BCUT2D eigenvalue weighted by molar-refractivity contribution is -0.139. The minimum Gasteiger partial charge on any atom is -0.380 e. The van der Waals surface area contributed by atoms with Crippen molar-refractivity contribution in [2.24, 2.45) is 11.1 Å². The first-order valence-electron chi connectivity index (χ1n) is 4.06. The molecular formula is C8H18N2O. The zero-order chi connectivity index (χ0) is 8.48. The summed E-state index contributed by atoms with van der Waals surface area (Å²) in [5.41, 5.74) is 5.93. The summed E-state index contributed by atoms with van der Waals surface area (Å²) in [6.07, 6.45) is 0. The van der Waals surface area contributed by atoms with Crippen LogP contribution in [0.25, 0.3) is 0 Å². The molecule has 0 aromatic heterocycles. The Bertz CT molecular complexity index is 127. The van der Waals surface area contributed by atoms with E-state index in [0.717, 1.165) is 19.8 Å². The molecule has 11 heavy (non-hydrogen) atoms. The van der Waals surface area contributed by atoms with E-state index in [9.17, 15) is 0 Å². The fourth-order valence-corrected chi connectivity index (χ4v) is 1.44. The van der Waals surface area contributed by atoms with E-state index in [2.05, 4.69) is 25.9 Å². The molecule has 1 saturated heterocycles. The van der Waals surface area contributed by atoms with Gasteiger partial charge in [-0.25, -0.2) is 0 Å². The third-order valence-corrected chi connectivity index (χ3v) is 2.85. The molecule has 1 rings (SSSR count). The van der Waals surface area contributed by atoms with E-state index in [1.807, 2.05) is 0 Å². The lowest BCUT2D eigenvalue weighted by Gasteiger charge is -2.47. The van der Waals surface area contributed by atoms with Crippen molar-refractivity contribution in [2.45, 2.75) is 13.0 Å². The number of hydrogen-bond acceptors (Lipinski definition) is 3. The highest BCUT2D eigenvalue weighted by molar-refractivity contribution is 4.94. The van der Waals surface area contributed by atoms with E-state index in [4.69, 9.17) is 10.5 Å². The van der Waals surface area contributed by atoms with Gasteiger partial charge >= 0.3 is 0 Å². The van der Waals surface area contributed by atoms with E-state index in [-0.39, 0.29) is 5.41 Å². The molecular weight excluding hydrogens is 140 g/mol. The Hall–Kier alpha value is -0.120. The molecule has 0 saturated carbocycles. The first-order valence-corrected chi connectivity index (χ1v) is 4.06. The highest BCUT2D eigenvalue weighted by atomic mass is 16.5. The Morgan fingerprint density at radius 2 is 2.09 bits per heavy atom. The van der Waals surface area contributed by atoms with Gasteiger partial charge in [0.05, 0.1) is 13.2 Å². The van der Waals surface area contributed by atoms with Crippen LogP contribution in [0, 0.1) is 5.41 Å². The molecule has 1 heterocycles. The standard InChI is InChI=1S/C8H18N2O/c1-7(10(2)3)8(4-9)5-11-6-8/h7H,4-6,9H2,1-3H3. The maximum Gasteiger partial charge on any atom is 0.0572 e. The van der Waals surface area contributed by atoms with E-state index in [0.29, 0.717) is 6.04 Å². The number of nitrogens with two attached hydrogens (primary N) is 1. The lowest BCUT2D eigenvalue weighted by atomic mass is 9.78. The summed E-state index contributed by atoms with van der Waals surface area (Å²) in [5, 5.41) is 0. The van der Waals surface area contributed by atoms with Crippen molar-refractivity contribution in [2.75, 3.05) is 33.9 Å². The normalized spacial score (nSPS) is 24.8. The molecule has 1 atom stereocenters. The van der Waals surface area contributed by atoms with Gasteiger partial charge in [0.25, 0.3) is 0 Å². The summed E-state index contributed by atoms with van der Waals surface area (Å²) >= 11 is 0. The quantitative estimate of drug-likeness (QED) is 0.624. The second kappa shape index (κ2) is 3.09. The predicted octanol–water partition coefficient (Wildman–Crippen LogP) is -0.0882. The molecule has 3 nitrogen and oxygen atoms in total. The largest absolute Gasteiger partial charge is 0.380 e. The zero-order valence-electron chi connectivity index (χ0n) is 7.63. The molecule has 1 aliphatic rings. The van der Waals surface area contributed by atoms with Crippen molar-refractivity contribution in [3.63, 3.8) is 0 Å². The summed E-state index contributed by atoms with van der Waals surface area (Å²) in [7, 11) is 4.17. The maximum atomic E-state index is 5.70. The molecule has 66 valence electrons. The first-order chi connectivity index (χ1) is 5.12. The average molecular weight is 158 g/mol. The zero-order valence-corrected chi connectivity index (χ0v) is 7.63. The van der Waals surface area contributed by atoms with Crippen molar-refractivity contribution in [1.29, 1.82) is 0 Å². The van der Waals surface area contributed by atoms with Gasteiger partial charge in [-0.05, 0) is 21.0 Å². The molecule has 0 amide bonds. The second-order valence-corrected chi connectivity index (χ2v) is 3.70. The molecule has 0 bridgehead atoms. The molecule has 1 aliphatic heterocycles. The van der Waals surface area contributed by atoms with Crippen LogP contribution in [-0.4, -0.2) is 44.8 Å². The smallest absolute Gasteiger partial charge is 0.0572 e.